The Morgan fingerprint density at radius 1 is 1.19 bits per heavy atom. The number of sulfonamides is 1. The lowest BCUT2D eigenvalue weighted by atomic mass is 10.2. The average molecular weight is 314 g/mol. The highest BCUT2D eigenvalue weighted by Crippen LogP contribution is 2.30. The monoisotopic (exact) mass is 314 g/mol. The first kappa shape index (κ1) is 16.1. The predicted octanol–water partition coefficient (Wildman–Crippen LogP) is 0.829. The molecule has 21 heavy (non-hydrogen) atoms. The van der Waals surface area contributed by atoms with E-state index in [0.29, 0.717) is 26.3 Å². The van der Waals surface area contributed by atoms with Crippen LogP contribution in [0, 0.1) is 0 Å². The average Bonchev–Trinajstić information content (AvgIpc) is 2.68. The Bertz CT molecular complexity index is 572. The molecule has 1 heterocycles. The molecule has 0 atom stereocenters. The van der Waals surface area contributed by atoms with Crippen LogP contribution in [-0.4, -0.2) is 52.3 Å². The molecule has 2 rings (SSSR count). The Balaban J connectivity index is 1.85. The zero-order valence-corrected chi connectivity index (χ0v) is 13.3. The van der Waals surface area contributed by atoms with Gasteiger partial charge in [-0.15, -0.1) is 0 Å². The van der Waals surface area contributed by atoms with E-state index in [0.717, 1.165) is 23.5 Å². The van der Waals surface area contributed by atoms with Crippen LogP contribution < -0.4 is 14.8 Å². The second kappa shape index (κ2) is 7.11. The molecule has 0 bridgehead atoms. The Hall–Kier alpha value is -1.31. The lowest BCUT2D eigenvalue weighted by Crippen LogP contribution is -2.31. The van der Waals surface area contributed by atoms with Gasteiger partial charge in [0.05, 0.1) is 19.0 Å². The maximum Gasteiger partial charge on any atom is 0.214 e. The number of hydrogen-bond donors (Lipinski definition) is 1. The van der Waals surface area contributed by atoms with Gasteiger partial charge in [-0.05, 0) is 17.7 Å². The van der Waals surface area contributed by atoms with E-state index < -0.39 is 10.0 Å². The lowest BCUT2D eigenvalue weighted by molar-refractivity contribution is 0.297. The van der Waals surface area contributed by atoms with Crippen LogP contribution in [0.3, 0.4) is 0 Å². The van der Waals surface area contributed by atoms with Crippen molar-refractivity contribution in [2.24, 2.45) is 0 Å². The predicted molar refractivity (Wildman–Crippen MR) is 81.2 cm³/mol. The highest BCUT2D eigenvalue weighted by Gasteiger charge is 2.13. The van der Waals surface area contributed by atoms with E-state index in [-0.39, 0.29) is 5.75 Å². The van der Waals surface area contributed by atoms with Crippen LogP contribution in [0.4, 0.5) is 0 Å². The fraction of sp³-hybridized carbons (Fsp3) is 0.571. The molecule has 7 heteroatoms. The summed E-state index contributed by atoms with van der Waals surface area (Å²) in [5, 5.41) is 3.13. The van der Waals surface area contributed by atoms with Crippen molar-refractivity contribution in [2.45, 2.75) is 13.0 Å². The SMILES string of the molecule is CN(C)S(=O)(=O)CCNCc1ccc2c(c1)OCCCO2. The second-order valence-electron chi connectivity index (χ2n) is 5.11. The molecule has 0 amide bonds. The quantitative estimate of drug-likeness (QED) is 0.788. The van der Waals surface area contributed by atoms with Crippen molar-refractivity contribution in [1.82, 2.24) is 9.62 Å². The Labute approximate surface area is 126 Å². The fourth-order valence-corrected chi connectivity index (χ4v) is 2.70. The molecule has 0 aliphatic carbocycles. The molecular weight excluding hydrogens is 292 g/mol. The van der Waals surface area contributed by atoms with Gasteiger partial charge in [-0.1, -0.05) is 6.07 Å². The molecule has 0 radical (unpaired) electrons. The number of ether oxygens (including phenoxy) is 2. The van der Waals surface area contributed by atoms with Crippen molar-refractivity contribution in [1.29, 1.82) is 0 Å². The van der Waals surface area contributed by atoms with E-state index in [1.165, 1.54) is 4.31 Å². The first-order valence-corrected chi connectivity index (χ1v) is 8.59. The Morgan fingerprint density at radius 3 is 2.62 bits per heavy atom. The third-order valence-electron chi connectivity index (χ3n) is 3.23. The number of benzene rings is 1. The molecule has 0 spiro atoms. The van der Waals surface area contributed by atoms with E-state index in [1.54, 1.807) is 14.1 Å². The van der Waals surface area contributed by atoms with Crippen LogP contribution in [-0.2, 0) is 16.6 Å². The summed E-state index contributed by atoms with van der Waals surface area (Å²) in [4.78, 5) is 0. The molecule has 0 aromatic heterocycles. The molecule has 0 unspecified atom stereocenters. The van der Waals surface area contributed by atoms with E-state index >= 15 is 0 Å². The summed E-state index contributed by atoms with van der Waals surface area (Å²) in [6.45, 7) is 2.34. The fourth-order valence-electron chi connectivity index (χ4n) is 1.93. The van der Waals surface area contributed by atoms with Gasteiger partial charge >= 0.3 is 0 Å². The Morgan fingerprint density at radius 2 is 1.90 bits per heavy atom. The van der Waals surface area contributed by atoms with E-state index in [1.807, 2.05) is 18.2 Å². The number of hydrogen-bond acceptors (Lipinski definition) is 5. The van der Waals surface area contributed by atoms with Crippen LogP contribution in [0.1, 0.15) is 12.0 Å². The summed E-state index contributed by atoms with van der Waals surface area (Å²) in [6.07, 6.45) is 0.880. The number of fused-ring (bicyclic) bond motifs is 1. The molecule has 0 fully saturated rings. The molecule has 6 nitrogen and oxygen atoms in total. The highest BCUT2D eigenvalue weighted by atomic mass is 32.2. The summed E-state index contributed by atoms with van der Waals surface area (Å²) in [5.74, 6) is 1.61. The van der Waals surface area contributed by atoms with Gasteiger partial charge < -0.3 is 14.8 Å². The largest absolute Gasteiger partial charge is 0.490 e. The first-order chi connectivity index (χ1) is 9.99. The minimum atomic E-state index is -3.15. The summed E-state index contributed by atoms with van der Waals surface area (Å²) in [6, 6.07) is 5.79. The van der Waals surface area contributed by atoms with E-state index in [9.17, 15) is 8.42 Å². The zero-order chi connectivity index (χ0) is 15.3. The molecule has 1 aliphatic rings. The maximum atomic E-state index is 11.6. The van der Waals surface area contributed by atoms with Gasteiger partial charge in [0.25, 0.3) is 0 Å². The smallest absolute Gasteiger partial charge is 0.214 e. The minimum Gasteiger partial charge on any atom is -0.490 e. The number of nitrogens with one attached hydrogen (secondary N) is 1. The number of nitrogens with zero attached hydrogens (tertiary/aromatic N) is 1. The standard InChI is InChI=1S/C14H22N2O4S/c1-16(2)21(17,18)9-6-15-11-12-4-5-13-14(10-12)20-8-3-7-19-13/h4-5,10,15H,3,6-9,11H2,1-2H3. The number of rotatable bonds is 6. The molecule has 1 aliphatic heterocycles. The topological polar surface area (TPSA) is 67.9 Å². The van der Waals surface area contributed by atoms with Gasteiger partial charge in [0.2, 0.25) is 10.0 Å². The van der Waals surface area contributed by atoms with Gasteiger partial charge in [-0.3, -0.25) is 0 Å². The van der Waals surface area contributed by atoms with E-state index in [4.69, 9.17) is 9.47 Å². The normalized spacial score (nSPS) is 15.0. The zero-order valence-electron chi connectivity index (χ0n) is 12.5. The lowest BCUT2D eigenvalue weighted by Gasteiger charge is -2.12. The first-order valence-electron chi connectivity index (χ1n) is 6.98. The summed E-state index contributed by atoms with van der Waals surface area (Å²) < 4.78 is 35.7. The van der Waals surface area contributed by atoms with Crippen LogP contribution in [0.5, 0.6) is 11.5 Å². The Kier molecular flexibility index (Phi) is 5.44. The summed E-state index contributed by atoms with van der Waals surface area (Å²) in [5.41, 5.74) is 1.04. The third-order valence-corrected chi connectivity index (χ3v) is 5.07. The van der Waals surface area contributed by atoms with Crippen LogP contribution in [0.25, 0.3) is 0 Å². The molecule has 0 saturated heterocycles. The van der Waals surface area contributed by atoms with Crippen molar-refractivity contribution in [3.8, 4) is 11.5 Å². The van der Waals surface area contributed by atoms with Gasteiger partial charge in [0, 0.05) is 33.6 Å². The third kappa shape index (κ3) is 4.59. The van der Waals surface area contributed by atoms with Gasteiger partial charge in [-0.25, -0.2) is 12.7 Å². The molecule has 1 aromatic carbocycles. The summed E-state index contributed by atoms with van der Waals surface area (Å²) in [7, 11) is -0.0641. The van der Waals surface area contributed by atoms with Gasteiger partial charge in [0.15, 0.2) is 11.5 Å². The van der Waals surface area contributed by atoms with Crippen molar-refractivity contribution >= 4 is 10.0 Å². The van der Waals surface area contributed by atoms with Gasteiger partial charge in [0.1, 0.15) is 0 Å². The molecule has 1 N–H and O–H groups in total. The van der Waals surface area contributed by atoms with Crippen LogP contribution in [0.2, 0.25) is 0 Å². The van der Waals surface area contributed by atoms with E-state index in [2.05, 4.69) is 5.32 Å². The van der Waals surface area contributed by atoms with Crippen LogP contribution in [0.15, 0.2) is 18.2 Å². The molecule has 1 aromatic rings. The molecule has 0 saturated carbocycles. The second-order valence-corrected chi connectivity index (χ2v) is 7.41. The van der Waals surface area contributed by atoms with Crippen LogP contribution >= 0.6 is 0 Å². The van der Waals surface area contributed by atoms with Crippen molar-refractivity contribution in [3.63, 3.8) is 0 Å². The summed E-state index contributed by atoms with van der Waals surface area (Å²) >= 11 is 0. The molecule has 118 valence electrons. The van der Waals surface area contributed by atoms with Crippen molar-refractivity contribution < 1.29 is 17.9 Å². The van der Waals surface area contributed by atoms with Crippen molar-refractivity contribution in [3.05, 3.63) is 23.8 Å². The minimum absolute atomic E-state index is 0.0878. The van der Waals surface area contributed by atoms with Crippen molar-refractivity contribution in [2.75, 3.05) is 39.6 Å². The van der Waals surface area contributed by atoms with Gasteiger partial charge in [-0.2, -0.15) is 0 Å². The maximum absolute atomic E-state index is 11.6. The molecular formula is C14H22N2O4S. The highest BCUT2D eigenvalue weighted by molar-refractivity contribution is 7.89.